The largest absolute Gasteiger partial charge is 0.494 e. The van der Waals surface area contributed by atoms with E-state index in [2.05, 4.69) is 6.58 Å². The summed E-state index contributed by atoms with van der Waals surface area (Å²) in [6, 6.07) is 13.8. The number of aliphatic hydroxyl groups excluding tert-OH is 3. The van der Waals surface area contributed by atoms with Gasteiger partial charge in [-0.15, -0.1) is 0 Å². The van der Waals surface area contributed by atoms with Crippen LogP contribution in [0.5, 0.6) is 5.75 Å². The van der Waals surface area contributed by atoms with Gasteiger partial charge in [0.05, 0.1) is 6.61 Å². The van der Waals surface area contributed by atoms with E-state index in [0.29, 0.717) is 6.61 Å². The van der Waals surface area contributed by atoms with E-state index < -0.39 is 24.4 Å². The molecule has 0 aromatic heterocycles. The first-order chi connectivity index (χ1) is 12.9. The number of benzene rings is 2. The maximum atomic E-state index is 10.3. The third-order valence-corrected chi connectivity index (χ3v) is 4.92. The number of ether oxygens (including phenoxy) is 2. The van der Waals surface area contributed by atoms with Crippen LogP contribution in [-0.2, 0) is 11.2 Å². The van der Waals surface area contributed by atoms with Gasteiger partial charge in [-0.1, -0.05) is 36.9 Å². The van der Waals surface area contributed by atoms with Crippen molar-refractivity contribution in [2.75, 3.05) is 6.61 Å². The van der Waals surface area contributed by atoms with Crippen molar-refractivity contribution in [3.05, 3.63) is 77.1 Å². The molecule has 1 aliphatic heterocycles. The molecule has 1 heterocycles. The van der Waals surface area contributed by atoms with E-state index in [1.807, 2.05) is 56.3 Å². The van der Waals surface area contributed by atoms with Gasteiger partial charge in [0.2, 0.25) is 0 Å². The van der Waals surface area contributed by atoms with Crippen molar-refractivity contribution in [2.45, 2.75) is 44.7 Å². The SMILES string of the molecule is C=C1O[C@@H](c2ccc(C)c(Cc3ccc(OCC)cc3)c2)[C@H](O)[C@@H](O)[C@@H]1O. The number of aryl methyl sites for hydroxylation is 1. The topological polar surface area (TPSA) is 79.2 Å². The van der Waals surface area contributed by atoms with Gasteiger partial charge in [0.15, 0.2) is 6.10 Å². The minimum Gasteiger partial charge on any atom is -0.494 e. The monoisotopic (exact) mass is 370 g/mol. The molecule has 2 aromatic carbocycles. The molecule has 0 saturated carbocycles. The summed E-state index contributed by atoms with van der Waals surface area (Å²) in [7, 11) is 0. The Kier molecular flexibility index (Phi) is 5.85. The fraction of sp³-hybridized carbons (Fsp3) is 0.364. The molecule has 5 heteroatoms. The fourth-order valence-corrected chi connectivity index (χ4v) is 3.27. The Morgan fingerprint density at radius 2 is 1.74 bits per heavy atom. The number of hydrogen-bond donors (Lipinski definition) is 3. The van der Waals surface area contributed by atoms with E-state index in [4.69, 9.17) is 9.47 Å². The molecule has 3 N–H and O–H groups in total. The Labute approximate surface area is 159 Å². The smallest absolute Gasteiger partial charge is 0.152 e. The standard InChI is InChI=1S/C22H26O5/c1-4-26-18-9-6-15(7-10-18)11-17-12-16(8-5-13(17)2)22-21(25)20(24)19(23)14(3)27-22/h5-10,12,19-25H,3-4,11H2,1-2H3/t19-,20+,21-,22+/m1/s1. The van der Waals surface area contributed by atoms with Crippen molar-refractivity contribution in [1.82, 2.24) is 0 Å². The van der Waals surface area contributed by atoms with Gasteiger partial charge >= 0.3 is 0 Å². The summed E-state index contributed by atoms with van der Waals surface area (Å²) in [5.41, 5.74) is 4.10. The van der Waals surface area contributed by atoms with E-state index in [-0.39, 0.29) is 5.76 Å². The van der Waals surface area contributed by atoms with Crippen LogP contribution in [0, 0.1) is 6.92 Å². The molecule has 4 atom stereocenters. The Morgan fingerprint density at radius 1 is 1.04 bits per heavy atom. The molecule has 27 heavy (non-hydrogen) atoms. The summed E-state index contributed by atoms with van der Waals surface area (Å²) < 4.78 is 11.1. The van der Waals surface area contributed by atoms with Crippen molar-refractivity contribution in [2.24, 2.45) is 0 Å². The molecule has 0 bridgehead atoms. The number of rotatable bonds is 5. The summed E-state index contributed by atoms with van der Waals surface area (Å²) in [4.78, 5) is 0. The van der Waals surface area contributed by atoms with E-state index in [0.717, 1.165) is 34.4 Å². The molecule has 0 unspecified atom stereocenters. The van der Waals surface area contributed by atoms with Gasteiger partial charge in [-0.2, -0.15) is 0 Å². The first-order valence-electron chi connectivity index (χ1n) is 9.11. The molecular weight excluding hydrogens is 344 g/mol. The second kappa shape index (κ2) is 8.13. The quantitative estimate of drug-likeness (QED) is 0.754. The third-order valence-electron chi connectivity index (χ3n) is 4.92. The van der Waals surface area contributed by atoms with Crippen LogP contribution in [0.3, 0.4) is 0 Å². The number of aliphatic hydroxyl groups is 3. The lowest BCUT2D eigenvalue weighted by molar-refractivity contribution is -0.157. The molecule has 2 aromatic rings. The van der Waals surface area contributed by atoms with Gasteiger partial charge in [0.1, 0.15) is 29.8 Å². The predicted octanol–water partition coefficient (Wildman–Crippen LogP) is 2.65. The van der Waals surface area contributed by atoms with Crippen LogP contribution in [0.15, 0.2) is 54.8 Å². The van der Waals surface area contributed by atoms with Crippen LogP contribution in [0.25, 0.3) is 0 Å². The molecular formula is C22H26O5. The minimum atomic E-state index is -1.33. The Hall–Kier alpha value is -2.34. The molecule has 0 radical (unpaired) electrons. The molecule has 1 aliphatic rings. The van der Waals surface area contributed by atoms with E-state index in [9.17, 15) is 15.3 Å². The highest BCUT2D eigenvalue weighted by molar-refractivity contribution is 5.38. The third kappa shape index (κ3) is 4.16. The summed E-state index contributed by atoms with van der Waals surface area (Å²) >= 11 is 0. The van der Waals surface area contributed by atoms with Crippen molar-refractivity contribution < 1.29 is 24.8 Å². The molecule has 3 rings (SSSR count). The zero-order chi connectivity index (χ0) is 19.6. The average Bonchev–Trinajstić information content (AvgIpc) is 2.66. The second-order valence-corrected chi connectivity index (χ2v) is 6.87. The molecule has 144 valence electrons. The molecule has 0 aliphatic carbocycles. The predicted molar refractivity (Wildman–Crippen MR) is 103 cm³/mol. The zero-order valence-electron chi connectivity index (χ0n) is 15.6. The Morgan fingerprint density at radius 3 is 2.41 bits per heavy atom. The minimum absolute atomic E-state index is 0.0615. The van der Waals surface area contributed by atoms with Crippen LogP contribution in [-0.4, -0.2) is 40.2 Å². The maximum absolute atomic E-state index is 10.3. The van der Waals surface area contributed by atoms with Crippen LogP contribution in [0.1, 0.15) is 35.3 Å². The summed E-state index contributed by atoms with van der Waals surface area (Å²) in [6.07, 6.45) is -3.89. The second-order valence-electron chi connectivity index (χ2n) is 6.87. The van der Waals surface area contributed by atoms with Gasteiger partial charge in [-0.25, -0.2) is 0 Å². The van der Waals surface area contributed by atoms with Crippen LogP contribution < -0.4 is 4.74 Å². The van der Waals surface area contributed by atoms with Gasteiger partial charge in [-0.3, -0.25) is 0 Å². The highest BCUT2D eigenvalue weighted by Crippen LogP contribution is 2.34. The average molecular weight is 370 g/mol. The Balaban J connectivity index is 1.83. The first-order valence-corrected chi connectivity index (χ1v) is 9.11. The van der Waals surface area contributed by atoms with Crippen molar-refractivity contribution in [3.63, 3.8) is 0 Å². The molecule has 0 amide bonds. The highest BCUT2D eigenvalue weighted by Gasteiger charge is 2.41. The van der Waals surface area contributed by atoms with Crippen molar-refractivity contribution in [1.29, 1.82) is 0 Å². The maximum Gasteiger partial charge on any atom is 0.152 e. The normalized spacial score (nSPS) is 25.1. The van der Waals surface area contributed by atoms with E-state index in [1.54, 1.807) is 0 Å². The first kappa shape index (κ1) is 19.4. The molecule has 1 fully saturated rings. The lowest BCUT2D eigenvalue weighted by Gasteiger charge is -2.37. The van der Waals surface area contributed by atoms with Crippen molar-refractivity contribution >= 4 is 0 Å². The van der Waals surface area contributed by atoms with Gasteiger partial charge < -0.3 is 24.8 Å². The summed E-state index contributed by atoms with van der Waals surface area (Å²) in [6.45, 7) is 8.25. The molecule has 5 nitrogen and oxygen atoms in total. The van der Waals surface area contributed by atoms with Gasteiger partial charge in [0, 0.05) is 0 Å². The molecule has 1 saturated heterocycles. The van der Waals surface area contributed by atoms with E-state index >= 15 is 0 Å². The van der Waals surface area contributed by atoms with Crippen LogP contribution in [0.2, 0.25) is 0 Å². The van der Waals surface area contributed by atoms with Gasteiger partial charge in [0.25, 0.3) is 0 Å². The summed E-state index contributed by atoms with van der Waals surface area (Å²) in [5.74, 6) is 0.906. The van der Waals surface area contributed by atoms with Gasteiger partial charge in [-0.05, 0) is 54.7 Å². The molecule has 0 spiro atoms. The zero-order valence-corrected chi connectivity index (χ0v) is 15.6. The lowest BCUT2D eigenvalue weighted by atomic mass is 9.90. The fourth-order valence-electron chi connectivity index (χ4n) is 3.27. The highest BCUT2D eigenvalue weighted by atomic mass is 16.5. The Bertz CT molecular complexity index is 799. The van der Waals surface area contributed by atoms with Crippen molar-refractivity contribution in [3.8, 4) is 5.75 Å². The lowest BCUT2D eigenvalue weighted by Crippen LogP contribution is -2.47. The van der Waals surface area contributed by atoms with Crippen LogP contribution in [0.4, 0.5) is 0 Å². The summed E-state index contributed by atoms with van der Waals surface area (Å²) in [5, 5.41) is 30.1. The number of hydrogen-bond acceptors (Lipinski definition) is 5. The van der Waals surface area contributed by atoms with Crippen LogP contribution >= 0.6 is 0 Å². The van der Waals surface area contributed by atoms with E-state index in [1.165, 1.54) is 0 Å².